The lowest BCUT2D eigenvalue weighted by Crippen LogP contribution is -2.39. The third kappa shape index (κ3) is 3.78. The standard InChI is InChI=1S/C10H15N3O4/c1-3-9(15)17-13(8(2)14)7-6-12-5-4-11-10(12)16/h3H,1,4-7H2,2H3,(H,11,16). The summed E-state index contributed by atoms with van der Waals surface area (Å²) >= 11 is 0. The van der Waals surface area contributed by atoms with Gasteiger partial charge in [0.2, 0.25) is 0 Å². The van der Waals surface area contributed by atoms with Gasteiger partial charge in [0, 0.05) is 32.6 Å². The molecule has 1 N–H and O–H groups in total. The zero-order valence-corrected chi connectivity index (χ0v) is 9.64. The summed E-state index contributed by atoms with van der Waals surface area (Å²) in [6.45, 7) is 6.14. The van der Waals surface area contributed by atoms with Gasteiger partial charge in [-0.2, -0.15) is 5.06 Å². The number of hydrogen-bond donors (Lipinski definition) is 1. The van der Waals surface area contributed by atoms with Crippen LogP contribution in [0.1, 0.15) is 6.92 Å². The number of rotatable bonds is 4. The maximum atomic E-state index is 11.2. The minimum Gasteiger partial charge on any atom is -0.336 e. The highest BCUT2D eigenvalue weighted by Crippen LogP contribution is 1.99. The Hall–Kier alpha value is -2.05. The lowest BCUT2D eigenvalue weighted by Gasteiger charge is -2.21. The van der Waals surface area contributed by atoms with Gasteiger partial charge < -0.3 is 15.1 Å². The van der Waals surface area contributed by atoms with Crippen molar-refractivity contribution in [3.05, 3.63) is 12.7 Å². The van der Waals surface area contributed by atoms with Crippen molar-refractivity contribution in [3.8, 4) is 0 Å². The largest absolute Gasteiger partial charge is 0.355 e. The van der Waals surface area contributed by atoms with Crippen molar-refractivity contribution in [3.63, 3.8) is 0 Å². The normalized spacial score (nSPS) is 14.2. The number of nitrogens with zero attached hydrogens (tertiary/aromatic N) is 2. The van der Waals surface area contributed by atoms with Crippen molar-refractivity contribution in [1.82, 2.24) is 15.3 Å². The summed E-state index contributed by atoms with van der Waals surface area (Å²) in [6.07, 6.45) is 0.971. The van der Waals surface area contributed by atoms with Gasteiger partial charge in [-0.25, -0.2) is 9.59 Å². The Bertz CT molecular complexity index is 342. The summed E-state index contributed by atoms with van der Waals surface area (Å²) in [7, 11) is 0. The van der Waals surface area contributed by atoms with E-state index < -0.39 is 11.9 Å². The molecule has 0 aromatic carbocycles. The van der Waals surface area contributed by atoms with Crippen LogP contribution in [0.25, 0.3) is 0 Å². The topological polar surface area (TPSA) is 79.0 Å². The fourth-order valence-electron chi connectivity index (χ4n) is 1.35. The molecular formula is C10H15N3O4. The quantitative estimate of drug-likeness (QED) is 0.532. The molecule has 1 rings (SSSR count). The molecule has 0 bridgehead atoms. The number of hydroxylamine groups is 2. The van der Waals surface area contributed by atoms with Crippen LogP contribution in [0.2, 0.25) is 0 Å². The highest BCUT2D eigenvalue weighted by Gasteiger charge is 2.21. The van der Waals surface area contributed by atoms with Crippen LogP contribution in [0.3, 0.4) is 0 Å². The first-order valence-electron chi connectivity index (χ1n) is 5.20. The molecule has 0 saturated carbocycles. The summed E-state index contributed by atoms with van der Waals surface area (Å²) in [5, 5.41) is 3.55. The average Bonchev–Trinajstić information content (AvgIpc) is 2.69. The molecule has 1 saturated heterocycles. The molecule has 7 heteroatoms. The van der Waals surface area contributed by atoms with E-state index in [1.54, 1.807) is 0 Å². The Morgan fingerprint density at radius 3 is 2.82 bits per heavy atom. The third-order valence-electron chi connectivity index (χ3n) is 2.24. The van der Waals surface area contributed by atoms with Gasteiger partial charge in [-0.05, 0) is 0 Å². The van der Waals surface area contributed by atoms with Gasteiger partial charge in [-0.15, -0.1) is 0 Å². The Morgan fingerprint density at radius 2 is 2.35 bits per heavy atom. The van der Waals surface area contributed by atoms with Gasteiger partial charge >= 0.3 is 12.0 Å². The second-order valence-electron chi connectivity index (χ2n) is 3.45. The smallest absolute Gasteiger partial charge is 0.336 e. The SMILES string of the molecule is C=CC(=O)ON(CCN1CCNC1=O)C(C)=O. The van der Waals surface area contributed by atoms with E-state index in [4.69, 9.17) is 4.84 Å². The number of urea groups is 1. The summed E-state index contributed by atoms with van der Waals surface area (Å²) in [5.74, 6) is -1.11. The molecule has 0 aromatic heterocycles. The molecule has 17 heavy (non-hydrogen) atoms. The third-order valence-corrected chi connectivity index (χ3v) is 2.24. The number of amides is 3. The van der Waals surface area contributed by atoms with Gasteiger partial charge in [0.1, 0.15) is 0 Å². The monoisotopic (exact) mass is 241 g/mol. The van der Waals surface area contributed by atoms with Gasteiger partial charge in [0.05, 0.1) is 6.54 Å². The maximum Gasteiger partial charge on any atom is 0.355 e. The van der Waals surface area contributed by atoms with E-state index in [9.17, 15) is 14.4 Å². The molecule has 1 aliphatic rings. The Balaban J connectivity index is 2.44. The van der Waals surface area contributed by atoms with Gasteiger partial charge in [0.25, 0.3) is 5.91 Å². The summed E-state index contributed by atoms with van der Waals surface area (Å²) in [4.78, 5) is 39.6. The van der Waals surface area contributed by atoms with Crippen LogP contribution in [-0.2, 0) is 14.4 Å². The molecule has 0 radical (unpaired) electrons. The molecule has 0 unspecified atom stereocenters. The van der Waals surface area contributed by atoms with Gasteiger partial charge in [-0.1, -0.05) is 6.58 Å². The molecule has 1 fully saturated rings. The average molecular weight is 241 g/mol. The number of hydrogen-bond acceptors (Lipinski definition) is 4. The minimum atomic E-state index is -0.703. The molecule has 7 nitrogen and oxygen atoms in total. The van der Waals surface area contributed by atoms with Crippen LogP contribution >= 0.6 is 0 Å². The summed E-state index contributed by atoms with van der Waals surface area (Å²) in [5.41, 5.74) is 0. The Kier molecular flexibility index (Phi) is 4.50. The lowest BCUT2D eigenvalue weighted by atomic mass is 10.5. The minimum absolute atomic E-state index is 0.141. The van der Waals surface area contributed by atoms with Gasteiger partial charge in [0.15, 0.2) is 0 Å². The summed E-state index contributed by atoms with van der Waals surface area (Å²) < 4.78 is 0. The van der Waals surface area contributed by atoms with E-state index in [1.807, 2.05) is 0 Å². The van der Waals surface area contributed by atoms with Crippen LogP contribution < -0.4 is 5.32 Å². The van der Waals surface area contributed by atoms with Crippen LogP contribution in [0.15, 0.2) is 12.7 Å². The molecule has 94 valence electrons. The van der Waals surface area contributed by atoms with E-state index in [-0.39, 0.29) is 12.6 Å². The predicted octanol–water partition coefficient (Wildman–Crippen LogP) is -0.496. The first-order chi connectivity index (χ1) is 8.04. The number of nitrogens with one attached hydrogen (secondary N) is 1. The molecule has 0 aromatic rings. The highest BCUT2D eigenvalue weighted by molar-refractivity contribution is 5.83. The van der Waals surface area contributed by atoms with Crippen molar-refractivity contribution < 1.29 is 19.2 Å². The summed E-state index contributed by atoms with van der Waals surface area (Å²) in [6, 6.07) is -0.177. The highest BCUT2D eigenvalue weighted by atomic mass is 16.7. The zero-order valence-electron chi connectivity index (χ0n) is 9.64. The molecule has 1 aliphatic heterocycles. The molecular weight excluding hydrogens is 226 g/mol. The molecule has 3 amide bonds. The van der Waals surface area contributed by atoms with Crippen molar-refractivity contribution in [2.45, 2.75) is 6.92 Å². The second kappa shape index (κ2) is 5.88. The van der Waals surface area contributed by atoms with Gasteiger partial charge in [-0.3, -0.25) is 4.79 Å². The Morgan fingerprint density at radius 1 is 1.65 bits per heavy atom. The van der Waals surface area contributed by atoms with E-state index in [0.717, 1.165) is 11.1 Å². The van der Waals surface area contributed by atoms with Crippen molar-refractivity contribution in [2.24, 2.45) is 0 Å². The van der Waals surface area contributed by atoms with Crippen molar-refractivity contribution in [2.75, 3.05) is 26.2 Å². The van der Waals surface area contributed by atoms with Crippen molar-refractivity contribution in [1.29, 1.82) is 0 Å². The van der Waals surface area contributed by atoms with Crippen LogP contribution in [0.5, 0.6) is 0 Å². The second-order valence-corrected chi connectivity index (χ2v) is 3.45. The zero-order chi connectivity index (χ0) is 12.8. The molecule has 1 heterocycles. The van der Waals surface area contributed by atoms with Crippen LogP contribution in [0, 0.1) is 0 Å². The molecule has 0 aliphatic carbocycles. The molecule has 0 spiro atoms. The maximum absolute atomic E-state index is 11.2. The number of carbonyl (C=O) groups is 3. The fraction of sp³-hybridized carbons (Fsp3) is 0.500. The predicted molar refractivity (Wildman–Crippen MR) is 58.6 cm³/mol. The van der Waals surface area contributed by atoms with E-state index in [2.05, 4.69) is 11.9 Å². The van der Waals surface area contributed by atoms with Crippen molar-refractivity contribution >= 4 is 17.9 Å². The Labute approximate surface area is 98.9 Å². The van der Waals surface area contributed by atoms with E-state index in [0.29, 0.717) is 19.6 Å². The van der Waals surface area contributed by atoms with Crippen LogP contribution in [0.4, 0.5) is 4.79 Å². The number of carbonyl (C=O) groups excluding carboxylic acids is 3. The molecule has 0 atom stereocenters. The fourth-order valence-corrected chi connectivity index (χ4v) is 1.35. The first kappa shape index (κ1) is 13.0. The lowest BCUT2D eigenvalue weighted by molar-refractivity contribution is -0.192. The van der Waals surface area contributed by atoms with E-state index >= 15 is 0 Å². The van der Waals surface area contributed by atoms with E-state index in [1.165, 1.54) is 11.8 Å². The first-order valence-corrected chi connectivity index (χ1v) is 5.20. The van der Waals surface area contributed by atoms with Crippen LogP contribution in [-0.4, -0.2) is 54.0 Å².